The highest BCUT2D eigenvalue weighted by Crippen LogP contribution is 2.33. The SMILES string of the molecule is COc1cc(N2C=CC(NCc3ccc(Cl)cc3)NC2=O)ccc1OCC(C)(C)O. The number of hydrogen-bond acceptors (Lipinski definition) is 5. The van der Waals surface area contributed by atoms with E-state index < -0.39 is 5.60 Å². The molecule has 0 bridgehead atoms. The van der Waals surface area contributed by atoms with Gasteiger partial charge >= 0.3 is 6.03 Å². The molecule has 1 heterocycles. The summed E-state index contributed by atoms with van der Waals surface area (Å²) >= 11 is 5.90. The molecule has 0 fully saturated rings. The van der Waals surface area contributed by atoms with Gasteiger partial charge in [-0.15, -0.1) is 0 Å². The summed E-state index contributed by atoms with van der Waals surface area (Å²) in [6.07, 6.45) is 3.29. The van der Waals surface area contributed by atoms with E-state index in [9.17, 15) is 9.90 Å². The molecule has 1 aliphatic heterocycles. The summed E-state index contributed by atoms with van der Waals surface area (Å²) in [6.45, 7) is 4.03. The van der Waals surface area contributed by atoms with Crippen LogP contribution >= 0.6 is 11.6 Å². The van der Waals surface area contributed by atoms with E-state index in [1.807, 2.05) is 30.3 Å². The fourth-order valence-electron chi connectivity index (χ4n) is 2.82. The van der Waals surface area contributed by atoms with Gasteiger partial charge in [-0.2, -0.15) is 0 Å². The van der Waals surface area contributed by atoms with Crippen molar-refractivity contribution in [3.05, 3.63) is 65.3 Å². The Morgan fingerprint density at radius 3 is 2.57 bits per heavy atom. The lowest BCUT2D eigenvalue weighted by molar-refractivity contribution is 0.0276. The van der Waals surface area contributed by atoms with Crippen LogP contribution in [0.3, 0.4) is 0 Å². The summed E-state index contributed by atoms with van der Waals surface area (Å²) in [5.74, 6) is 0.966. The normalized spacial score (nSPS) is 16.4. The van der Waals surface area contributed by atoms with Crippen molar-refractivity contribution in [2.24, 2.45) is 0 Å². The average Bonchev–Trinajstić information content (AvgIpc) is 2.71. The largest absolute Gasteiger partial charge is 0.493 e. The third-order valence-electron chi connectivity index (χ3n) is 4.37. The molecule has 0 aliphatic carbocycles. The zero-order valence-corrected chi connectivity index (χ0v) is 17.9. The molecular weight excluding hydrogens is 406 g/mol. The Hall–Kier alpha value is -2.74. The zero-order valence-electron chi connectivity index (χ0n) is 17.2. The van der Waals surface area contributed by atoms with Crippen molar-refractivity contribution in [2.75, 3.05) is 18.6 Å². The first kappa shape index (κ1) is 22.0. The van der Waals surface area contributed by atoms with E-state index in [0.717, 1.165) is 5.56 Å². The predicted molar refractivity (Wildman–Crippen MR) is 117 cm³/mol. The molecule has 0 saturated heterocycles. The molecule has 2 aromatic carbocycles. The molecule has 0 saturated carbocycles. The number of hydrogen-bond donors (Lipinski definition) is 3. The molecule has 0 aromatic heterocycles. The molecule has 8 heteroatoms. The van der Waals surface area contributed by atoms with E-state index in [2.05, 4.69) is 10.6 Å². The van der Waals surface area contributed by atoms with Gasteiger partial charge in [-0.3, -0.25) is 10.2 Å². The smallest absolute Gasteiger partial charge is 0.327 e. The molecule has 3 rings (SSSR count). The molecule has 2 aromatic rings. The molecule has 1 unspecified atom stereocenters. The Labute approximate surface area is 181 Å². The number of rotatable bonds is 8. The van der Waals surface area contributed by atoms with Gasteiger partial charge in [0.1, 0.15) is 12.8 Å². The number of aliphatic hydroxyl groups is 1. The molecule has 7 nitrogen and oxygen atoms in total. The minimum Gasteiger partial charge on any atom is -0.493 e. The Balaban J connectivity index is 1.65. The third-order valence-corrected chi connectivity index (χ3v) is 4.62. The van der Waals surface area contributed by atoms with Gasteiger partial charge in [0.15, 0.2) is 11.5 Å². The Kier molecular flexibility index (Phi) is 6.87. The van der Waals surface area contributed by atoms with Crippen LogP contribution in [0, 0.1) is 0 Å². The highest BCUT2D eigenvalue weighted by molar-refractivity contribution is 6.30. The van der Waals surface area contributed by atoms with E-state index >= 15 is 0 Å². The van der Waals surface area contributed by atoms with Gasteiger partial charge in [-0.1, -0.05) is 23.7 Å². The van der Waals surface area contributed by atoms with E-state index in [0.29, 0.717) is 28.8 Å². The summed E-state index contributed by atoms with van der Waals surface area (Å²) in [7, 11) is 1.53. The molecule has 160 valence electrons. The number of benzene rings is 2. The molecule has 30 heavy (non-hydrogen) atoms. The summed E-state index contributed by atoms with van der Waals surface area (Å²) in [5, 5.41) is 16.7. The van der Waals surface area contributed by atoms with Crippen LogP contribution in [-0.2, 0) is 6.54 Å². The zero-order chi connectivity index (χ0) is 21.7. The van der Waals surface area contributed by atoms with Gasteiger partial charge in [0, 0.05) is 23.8 Å². The monoisotopic (exact) mass is 431 g/mol. The van der Waals surface area contributed by atoms with Gasteiger partial charge in [0.2, 0.25) is 0 Å². The third kappa shape index (κ3) is 5.89. The van der Waals surface area contributed by atoms with Crippen molar-refractivity contribution in [3.8, 4) is 11.5 Å². The number of nitrogens with zero attached hydrogens (tertiary/aromatic N) is 1. The fourth-order valence-corrected chi connectivity index (χ4v) is 2.95. The summed E-state index contributed by atoms with van der Waals surface area (Å²) < 4.78 is 11.0. The van der Waals surface area contributed by atoms with E-state index in [1.54, 1.807) is 38.2 Å². The van der Waals surface area contributed by atoms with Gasteiger partial charge < -0.3 is 19.9 Å². The number of halogens is 1. The van der Waals surface area contributed by atoms with E-state index in [-0.39, 0.29) is 18.8 Å². The van der Waals surface area contributed by atoms with Gasteiger partial charge in [-0.25, -0.2) is 4.79 Å². The summed E-state index contributed by atoms with van der Waals surface area (Å²) in [6, 6.07) is 12.5. The van der Waals surface area contributed by atoms with Gasteiger partial charge in [0.25, 0.3) is 0 Å². The maximum Gasteiger partial charge on any atom is 0.327 e. The van der Waals surface area contributed by atoms with Crippen LogP contribution < -0.4 is 25.0 Å². The first-order chi connectivity index (χ1) is 14.2. The van der Waals surface area contributed by atoms with Crippen LogP contribution in [0.2, 0.25) is 5.02 Å². The van der Waals surface area contributed by atoms with E-state index in [1.165, 1.54) is 12.0 Å². The lowest BCUT2D eigenvalue weighted by atomic mass is 10.1. The average molecular weight is 432 g/mol. The molecule has 2 amide bonds. The number of anilines is 1. The van der Waals surface area contributed by atoms with Crippen LogP contribution in [0.5, 0.6) is 11.5 Å². The lowest BCUT2D eigenvalue weighted by Crippen LogP contribution is -2.51. The predicted octanol–water partition coefficient (Wildman–Crippen LogP) is 3.66. The second-order valence-electron chi connectivity index (χ2n) is 7.58. The number of carbonyl (C=O) groups is 1. The maximum absolute atomic E-state index is 12.6. The lowest BCUT2D eigenvalue weighted by Gasteiger charge is -2.28. The fraction of sp³-hybridized carbons (Fsp3) is 0.318. The molecule has 1 atom stereocenters. The molecular formula is C22H26ClN3O4. The van der Waals surface area contributed by atoms with Crippen LogP contribution in [0.25, 0.3) is 0 Å². The van der Waals surface area contributed by atoms with Crippen molar-refractivity contribution >= 4 is 23.3 Å². The highest BCUT2D eigenvalue weighted by Gasteiger charge is 2.23. The minimum absolute atomic E-state index is 0.119. The topological polar surface area (TPSA) is 83.1 Å². The van der Waals surface area contributed by atoms with Crippen molar-refractivity contribution < 1.29 is 19.4 Å². The number of methoxy groups -OCH3 is 1. The Morgan fingerprint density at radius 2 is 1.93 bits per heavy atom. The maximum atomic E-state index is 12.6. The quantitative estimate of drug-likeness (QED) is 0.594. The van der Waals surface area contributed by atoms with Crippen LogP contribution in [0.1, 0.15) is 19.4 Å². The Bertz CT molecular complexity index is 910. The van der Waals surface area contributed by atoms with Crippen molar-refractivity contribution in [3.63, 3.8) is 0 Å². The van der Waals surface area contributed by atoms with Crippen LogP contribution in [-0.4, -0.2) is 36.6 Å². The standard InChI is InChI=1S/C22H26ClN3O4/c1-22(2,28)14-30-18-9-8-17(12-19(18)29-3)26-11-10-20(25-21(26)27)24-13-15-4-6-16(23)7-5-15/h4-12,20,24,28H,13-14H2,1-3H3,(H,25,27). The highest BCUT2D eigenvalue weighted by atomic mass is 35.5. The second kappa shape index (κ2) is 9.38. The molecule has 0 radical (unpaired) electrons. The van der Waals surface area contributed by atoms with Gasteiger partial charge in [0.05, 0.1) is 18.4 Å². The van der Waals surface area contributed by atoms with Crippen LogP contribution in [0.4, 0.5) is 10.5 Å². The molecule has 0 spiro atoms. The second-order valence-corrected chi connectivity index (χ2v) is 8.02. The van der Waals surface area contributed by atoms with E-state index in [4.69, 9.17) is 21.1 Å². The molecule has 1 aliphatic rings. The number of nitrogens with one attached hydrogen (secondary N) is 2. The molecule has 3 N–H and O–H groups in total. The first-order valence-electron chi connectivity index (χ1n) is 9.54. The van der Waals surface area contributed by atoms with Crippen LogP contribution in [0.15, 0.2) is 54.7 Å². The summed E-state index contributed by atoms with van der Waals surface area (Å²) in [5.41, 5.74) is 0.732. The van der Waals surface area contributed by atoms with Crippen molar-refractivity contribution in [1.82, 2.24) is 10.6 Å². The van der Waals surface area contributed by atoms with Crippen molar-refractivity contribution in [2.45, 2.75) is 32.2 Å². The van der Waals surface area contributed by atoms with Gasteiger partial charge in [-0.05, 0) is 49.8 Å². The number of urea groups is 1. The number of carbonyl (C=O) groups excluding carboxylic acids is 1. The van der Waals surface area contributed by atoms with Crippen molar-refractivity contribution in [1.29, 1.82) is 0 Å². The number of ether oxygens (including phenoxy) is 2. The first-order valence-corrected chi connectivity index (χ1v) is 9.92. The number of amides is 2. The minimum atomic E-state index is -0.965. The Morgan fingerprint density at radius 1 is 1.20 bits per heavy atom. The summed E-state index contributed by atoms with van der Waals surface area (Å²) in [4.78, 5) is 14.1.